The quantitative estimate of drug-likeness (QED) is 0.726. The molecule has 0 radical (unpaired) electrons. The Kier molecular flexibility index (Phi) is 2.37. The summed E-state index contributed by atoms with van der Waals surface area (Å²) >= 11 is 0. The van der Waals surface area contributed by atoms with Crippen LogP contribution in [0.1, 0.15) is 17.9 Å². The Bertz CT molecular complexity index is 608. The van der Waals surface area contributed by atoms with Gasteiger partial charge in [0, 0.05) is 7.05 Å². The van der Waals surface area contributed by atoms with Gasteiger partial charge in [0.1, 0.15) is 5.52 Å². The van der Waals surface area contributed by atoms with Gasteiger partial charge >= 0.3 is 0 Å². The molecule has 84 valence electrons. The SMILES string of the molecule is Cc1nc(C(F)F)nc2cnn(C)c(=O)c12. The first-order chi connectivity index (χ1) is 7.50. The summed E-state index contributed by atoms with van der Waals surface area (Å²) in [6.45, 7) is 1.50. The lowest BCUT2D eigenvalue weighted by Crippen LogP contribution is -2.21. The summed E-state index contributed by atoms with van der Waals surface area (Å²) < 4.78 is 26.0. The molecule has 0 fully saturated rings. The number of fused-ring (bicyclic) bond motifs is 1. The molecule has 2 rings (SSSR count). The zero-order valence-corrected chi connectivity index (χ0v) is 8.61. The van der Waals surface area contributed by atoms with Gasteiger partial charge in [0.05, 0.1) is 17.3 Å². The molecule has 0 atom stereocenters. The van der Waals surface area contributed by atoms with Crippen molar-refractivity contribution < 1.29 is 8.78 Å². The molecular weight excluding hydrogens is 218 g/mol. The number of rotatable bonds is 1. The molecule has 0 amide bonds. The van der Waals surface area contributed by atoms with Gasteiger partial charge in [-0.25, -0.2) is 23.4 Å². The molecule has 2 aromatic heterocycles. The molecule has 0 aliphatic carbocycles. The highest BCUT2D eigenvalue weighted by atomic mass is 19.3. The van der Waals surface area contributed by atoms with Crippen LogP contribution in [0.4, 0.5) is 8.78 Å². The molecule has 7 heteroatoms. The Morgan fingerprint density at radius 1 is 1.38 bits per heavy atom. The predicted molar refractivity (Wildman–Crippen MR) is 52.3 cm³/mol. The smallest absolute Gasteiger partial charge is 0.267 e. The number of halogens is 2. The Morgan fingerprint density at radius 3 is 2.69 bits per heavy atom. The van der Waals surface area contributed by atoms with Crippen molar-refractivity contribution in [3.05, 3.63) is 28.1 Å². The van der Waals surface area contributed by atoms with Crippen molar-refractivity contribution in [3.63, 3.8) is 0 Å². The third-order valence-electron chi connectivity index (χ3n) is 2.19. The minimum atomic E-state index is -2.76. The summed E-state index contributed by atoms with van der Waals surface area (Å²) in [5.74, 6) is -0.583. The first-order valence-electron chi connectivity index (χ1n) is 4.49. The Balaban J connectivity index is 2.87. The first-order valence-corrected chi connectivity index (χ1v) is 4.49. The van der Waals surface area contributed by atoms with E-state index in [0.717, 1.165) is 4.68 Å². The van der Waals surface area contributed by atoms with E-state index in [1.54, 1.807) is 0 Å². The minimum absolute atomic E-state index is 0.144. The standard InChI is InChI=1S/C9H8F2N4O/c1-4-6-5(3-12-15(2)9(6)16)14-8(13-4)7(10)11/h3,7H,1-2H3. The van der Waals surface area contributed by atoms with E-state index in [4.69, 9.17) is 0 Å². The second-order valence-electron chi connectivity index (χ2n) is 3.30. The molecule has 0 saturated carbocycles. The molecular formula is C9H8F2N4O. The molecule has 0 N–H and O–H groups in total. The van der Waals surface area contributed by atoms with Crippen LogP contribution in [0.5, 0.6) is 0 Å². The lowest BCUT2D eigenvalue weighted by Gasteiger charge is -2.04. The third-order valence-corrected chi connectivity index (χ3v) is 2.19. The summed E-state index contributed by atoms with van der Waals surface area (Å²) in [4.78, 5) is 18.9. The van der Waals surface area contributed by atoms with Crippen LogP contribution in [0.3, 0.4) is 0 Å². The summed E-state index contributed by atoms with van der Waals surface area (Å²) in [6, 6.07) is 0. The van der Waals surface area contributed by atoms with E-state index in [2.05, 4.69) is 15.1 Å². The molecule has 2 heterocycles. The third kappa shape index (κ3) is 1.54. The van der Waals surface area contributed by atoms with Gasteiger partial charge < -0.3 is 0 Å². The summed E-state index contributed by atoms with van der Waals surface area (Å²) in [5, 5.41) is 3.94. The van der Waals surface area contributed by atoms with Gasteiger partial charge in [0.15, 0.2) is 5.82 Å². The normalized spacial score (nSPS) is 11.3. The lowest BCUT2D eigenvalue weighted by molar-refractivity contribution is 0.140. The van der Waals surface area contributed by atoms with Crippen molar-refractivity contribution in [2.24, 2.45) is 7.05 Å². The Labute approximate surface area is 88.8 Å². The number of aromatic nitrogens is 4. The van der Waals surface area contributed by atoms with Gasteiger partial charge in [-0.2, -0.15) is 5.10 Å². The maximum Gasteiger partial charge on any atom is 0.297 e. The van der Waals surface area contributed by atoms with Gasteiger partial charge in [-0.1, -0.05) is 0 Å². The van der Waals surface area contributed by atoms with E-state index in [1.165, 1.54) is 20.2 Å². The van der Waals surface area contributed by atoms with Crippen molar-refractivity contribution in [2.45, 2.75) is 13.3 Å². The number of hydrogen-bond acceptors (Lipinski definition) is 4. The van der Waals surface area contributed by atoms with Crippen molar-refractivity contribution in [2.75, 3.05) is 0 Å². The predicted octanol–water partition coefficient (Wildman–Crippen LogP) is 0.970. The first kappa shape index (κ1) is 10.6. The zero-order chi connectivity index (χ0) is 11.9. The molecule has 0 spiro atoms. The van der Waals surface area contributed by atoms with E-state index in [9.17, 15) is 13.6 Å². The van der Waals surface area contributed by atoms with Gasteiger partial charge in [-0.15, -0.1) is 0 Å². The van der Waals surface area contributed by atoms with Crippen LogP contribution < -0.4 is 5.56 Å². The summed E-state index contributed by atoms with van der Waals surface area (Å²) in [5.41, 5.74) is -0.00924. The maximum absolute atomic E-state index is 12.4. The van der Waals surface area contributed by atoms with Crippen molar-refractivity contribution in [1.29, 1.82) is 0 Å². The van der Waals surface area contributed by atoms with Crippen LogP contribution in [0, 0.1) is 6.92 Å². The molecule has 0 aliphatic heterocycles. The van der Waals surface area contributed by atoms with E-state index >= 15 is 0 Å². The second-order valence-corrected chi connectivity index (χ2v) is 3.30. The molecule has 0 saturated heterocycles. The van der Waals surface area contributed by atoms with Crippen LogP contribution in [0.15, 0.2) is 11.0 Å². The molecule has 2 aromatic rings. The zero-order valence-electron chi connectivity index (χ0n) is 8.61. The van der Waals surface area contributed by atoms with Crippen molar-refractivity contribution in [1.82, 2.24) is 19.7 Å². The van der Waals surface area contributed by atoms with Crippen LogP contribution in [0.2, 0.25) is 0 Å². The van der Waals surface area contributed by atoms with Crippen LogP contribution in [-0.4, -0.2) is 19.7 Å². The van der Waals surface area contributed by atoms with E-state index in [-0.39, 0.29) is 16.6 Å². The highest BCUT2D eigenvalue weighted by Crippen LogP contribution is 2.17. The molecule has 0 aromatic carbocycles. The highest BCUT2D eigenvalue weighted by Gasteiger charge is 2.15. The molecule has 0 aliphatic rings. The monoisotopic (exact) mass is 226 g/mol. The topological polar surface area (TPSA) is 60.7 Å². The molecule has 0 unspecified atom stereocenters. The Morgan fingerprint density at radius 2 is 2.06 bits per heavy atom. The fraction of sp³-hybridized carbons (Fsp3) is 0.333. The molecule has 0 bridgehead atoms. The average Bonchev–Trinajstić information content (AvgIpc) is 2.22. The highest BCUT2D eigenvalue weighted by molar-refractivity contribution is 5.78. The minimum Gasteiger partial charge on any atom is -0.267 e. The van der Waals surface area contributed by atoms with Crippen LogP contribution in [0.25, 0.3) is 10.9 Å². The van der Waals surface area contributed by atoms with E-state index in [1.807, 2.05) is 0 Å². The average molecular weight is 226 g/mol. The second kappa shape index (κ2) is 3.58. The van der Waals surface area contributed by atoms with Gasteiger partial charge in [0.2, 0.25) is 0 Å². The summed E-state index contributed by atoms with van der Waals surface area (Å²) in [7, 11) is 1.47. The number of nitrogens with zero attached hydrogens (tertiary/aromatic N) is 4. The lowest BCUT2D eigenvalue weighted by atomic mass is 10.2. The van der Waals surface area contributed by atoms with Crippen LogP contribution in [-0.2, 0) is 7.05 Å². The van der Waals surface area contributed by atoms with Gasteiger partial charge in [-0.3, -0.25) is 4.79 Å². The fourth-order valence-corrected chi connectivity index (χ4v) is 1.43. The van der Waals surface area contributed by atoms with E-state index < -0.39 is 17.8 Å². The largest absolute Gasteiger partial charge is 0.297 e. The summed E-state index contributed by atoms with van der Waals surface area (Å²) in [6.07, 6.45) is -1.48. The van der Waals surface area contributed by atoms with Crippen molar-refractivity contribution in [3.8, 4) is 0 Å². The Hall–Kier alpha value is -1.92. The number of hydrogen-bond donors (Lipinski definition) is 0. The molecule has 16 heavy (non-hydrogen) atoms. The van der Waals surface area contributed by atoms with Gasteiger partial charge in [0.25, 0.3) is 12.0 Å². The molecule has 5 nitrogen and oxygen atoms in total. The van der Waals surface area contributed by atoms with Crippen molar-refractivity contribution >= 4 is 10.9 Å². The van der Waals surface area contributed by atoms with Crippen LogP contribution >= 0.6 is 0 Å². The van der Waals surface area contributed by atoms with E-state index in [0.29, 0.717) is 0 Å². The number of aryl methyl sites for hydroxylation is 2. The number of alkyl halides is 2. The van der Waals surface area contributed by atoms with Gasteiger partial charge in [-0.05, 0) is 6.92 Å². The fourth-order valence-electron chi connectivity index (χ4n) is 1.43. The maximum atomic E-state index is 12.4.